The van der Waals surface area contributed by atoms with Crippen LogP contribution in [0.5, 0.6) is 0 Å². The maximum absolute atomic E-state index is 5.76. The maximum Gasteiger partial charge on any atom is 0.0538 e. The van der Waals surface area contributed by atoms with Crippen molar-refractivity contribution < 1.29 is 0 Å². The molecule has 0 aliphatic carbocycles. The monoisotopic (exact) mass is 210 g/mol. The molecule has 0 bridgehead atoms. The van der Waals surface area contributed by atoms with Crippen molar-refractivity contribution in [2.24, 2.45) is 5.73 Å². The number of aromatic nitrogens is 2. The van der Waals surface area contributed by atoms with Gasteiger partial charge in [-0.25, -0.2) is 0 Å². The van der Waals surface area contributed by atoms with Crippen molar-refractivity contribution in [3.05, 3.63) is 18.0 Å². The number of nitrogens with one attached hydrogen (secondary N) is 1. The van der Waals surface area contributed by atoms with Crippen molar-refractivity contribution in [1.82, 2.24) is 15.1 Å². The lowest BCUT2D eigenvalue weighted by atomic mass is 10.1. The molecule has 86 valence electrons. The van der Waals surface area contributed by atoms with Gasteiger partial charge in [0.25, 0.3) is 0 Å². The summed E-state index contributed by atoms with van der Waals surface area (Å²) in [5, 5.41) is 7.75. The SMILES string of the molecule is CCC(C)NC(CN)c1cnn(CC)c1. The van der Waals surface area contributed by atoms with Gasteiger partial charge in [0.2, 0.25) is 0 Å². The smallest absolute Gasteiger partial charge is 0.0538 e. The van der Waals surface area contributed by atoms with E-state index in [1.165, 1.54) is 5.56 Å². The molecule has 2 atom stereocenters. The van der Waals surface area contributed by atoms with Crippen molar-refractivity contribution in [1.29, 1.82) is 0 Å². The van der Waals surface area contributed by atoms with Gasteiger partial charge in [0.05, 0.1) is 6.20 Å². The summed E-state index contributed by atoms with van der Waals surface area (Å²) in [5.41, 5.74) is 6.94. The van der Waals surface area contributed by atoms with Gasteiger partial charge < -0.3 is 11.1 Å². The standard InChI is InChI=1S/C11H22N4/c1-4-9(3)14-11(6-12)10-7-13-15(5-2)8-10/h7-9,11,14H,4-6,12H2,1-3H3. The minimum absolute atomic E-state index is 0.222. The first kappa shape index (κ1) is 12.2. The Labute approximate surface area is 91.8 Å². The van der Waals surface area contributed by atoms with Gasteiger partial charge in [0.15, 0.2) is 0 Å². The van der Waals surface area contributed by atoms with Crippen LogP contribution in [0.3, 0.4) is 0 Å². The third-order valence-electron chi connectivity index (χ3n) is 2.71. The molecule has 0 radical (unpaired) electrons. The first-order valence-electron chi connectivity index (χ1n) is 5.69. The fourth-order valence-electron chi connectivity index (χ4n) is 1.49. The Morgan fingerprint density at radius 1 is 1.53 bits per heavy atom. The molecule has 0 saturated heterocycles. The predicted molar refractivity (Wildman–Crippen MR) is 62.6 cm³/mol. The predicted octanol–water partition coefficient (Wildman–Crippen LogP) is 1.29. The van der Waals surface area contributed by atoms with Crippen LogP contribution in [0.15, 0.2) is 12.4 Å². The number of hydrogen-bond donors (Lipinski definition) is 2. The normalized spacial score (nSPS) is 15.2. The van der Waals surface area contributed by atoms with Gasteiger partial charge in [-0.15, -0.1) is 0 Å². The van der Waals surface area contributed by atoms with Crippen LogP contribution < -0.4 is 11.1 Å². The number of aryl methyl sites for hydroxylation is 1. The highest BCUT2D eigenvalue weighted by atomic mass is 15.3. The fourth-order valence-corrected chi connectivity index (χ4v) is 1.49. The van der Waals surface area contributed by atoms with E-state index in [1.807, 2.05) is 10.9 Å². The molecule has 0 spiro atoms. The summed E-state index contributed by atoms with van der Waals surface area (Å²) < 4.78 is 1.93. The van der Waals surface area contributed by atoms with Crippen LogP contribution in [0.1, 0.15) is 38.8 Å². The maximum atomic E-state index is 5.76. The third kappa shape index (κ3) is 3.32. The third-order valence-corrected chi connectivity index (χ3v) is 2.71. The van der Waals surface area contributed by atoms with E-state index in [9.17, 15) is 0 Å². The van der Waals surface area contributed by atoms with Gasteiger partial charge in [-0.3, -0.25) is 4.68 Å². The number of rotatable bonds is 6. The second-order valence-corrected chi connectivity index (χ2v) is 3.89. The van der Waals surface area contributed by atoms with Crippen molar-refractivity contribution in [2.75, 3.05) is 6.54 Å². The fraction of sp³-hybridized carbons (Fsp3) is 0.727. The summed E-state index contributed by atoms with van der Waals surface area (Å²) in [4.78, 5) is 0. The van der Waals surface area contributed by atoms with Crippen LogP contribution in [0.2, 0.25) is 0 Å². The largest absolute Gasteiger partial charge is 0.329 e. The molecule has 0 amide bonds. The van der Waals surface area contributed by atoms with Crippen molar-refractivity contribution in [3.8, 4) is 0 Å². The van der Waals surface area contributed by atoms with Crippen molar-refractivity contribution in [2.45, 2.75) is 45.8 Å². The zero-order chi connectivity index (χ0) is 11.3. The van der Waals surface area contributed by atoms with E-state index < -0.39 is 0 Å². The lowest BCUT2D eigenvalue weighted by molar-refractivity contribution is 0.451. The van der Waals surface area contributed by atoms with Crippen LogP contribution in [0.25, 0.3) is 0 Å². The Morgan fingerprint density at radius 3 is 2.73 bits per heavy atom. The van der Waals surface area contributed by atoms with E-state index in [0.29, 0.717) is 12.6 Å². The minimum Gasteiger partial charge on any atom is -0.329 e. The summed E-state index contributed by atoms with van der Waals surface area (Å²) in [6, 6.07) is 0.712. The summed E-state index contributed by atoms with van der Waals surface area (Å²) >= 11 is 0. The molecular formula is C11H22N4. The number of hydrogen-bond acceptors (Lipinski definition) is 3. The molecule has 4 nitrogen and oxygen atoms in total. The molecule has 1 heterocycles. The van der Waals surface area contributed by atoms with Gasteiger partial charge in [0, 0.05) is 36.9 Å². The van der Waals surface area contributed by atoms with Crippen molar-refractivity contribution >= 4 is 0 Å². The van der Waals surface area contributed by atoms with Crippen LogP contribution in [-0.2, 0) is 6.54 Å². The molecule has 1 rings (SSSR count). The average molecular weight is 210 g/mol. The second-order valence-electron chi connectivity index (χ2n) is 3.89. The molecule has 1 aromatic heterocycles. The summed E-state index contributed by atoms with van der Waals surface area (Å²) in [6.07, 6.45) is 5.07. The topological polar surface area (TPSA) is 55.9 Å². The van der Waals surface area contributed by atoms with E-state index in [0.717, 1.165) is 13.0 Å². The Bertz CT molecular complexity index is 282. The summed E-state index contributed by atoms with van der Waals surface area (Å²) in [6.45, 7) is 7.93. The molecule has 0 aliphatic heterocycles. The zero-order valence-corrected chi connectivity index (χ0v) is 9.90. The first-order chi connectivity index (χ1) is 7.21. The Kier molecular flexibility index (Phi) is 4.78. The zero-order valence-electron chi connectivity index (χ0n) is 9.90. The first-order valence-corrected chi connectivity index (χ1v) is 5.69. The second kappa shape index (κ2) is 5.88. The molecule has 15 heavy (non-hydrogen) atoms. The molecule has 1 aromatic rings. The molecule has 3 N–H and O–H groups in total. The lowest BCUT2D eigenvalue weighted by Crippen LogP contribution is -2.34. The lowest BCUT2D eigenvalue weighted by Gasteiger charge is -2.19. The molecule has 0 aliphatic rings. The highest BCUT2D eigenvalue weighted by Crippen LogP contribution is 2.12. The molecule has 0 fully saturated rings. The van der Waals surface area contributed by atoms with Crippen LogP contribution in [-0.4, -0.2) is 22.4 Å². The number of nitrogens with two attached hydrogens (primary N) is 1. The van der Waals surface area contributed by atoms with Gasteiger partial charge >= 0.3 is 0 Å². The quantitative estimate of drug-likeness (QED) is 0.744. The molecule has 0 saturated carbocycles. The van der Waals surface area contributed by atoms with E-state index in [4.69, 9.17) is 5.73 Å². The summed E-state index contributed by atoms with van der Waals surface area (Å²) in [7, 11) is 0. The van der Waals surface area contributed by atoms with E-state index in [-0.39, 0.29) is 6.04 Å². The Balaban J connectivity index is 2.65. The highest BCUT2D eigenvalue weighted by Gasteiger charge is 2.13. The number of nitrogens with zero attached hydrogens (tertiary/aromatic N) is 2. The molecular weight excluding hydrogens is 188 g/mol. The van der Waals surface area contributed by atoms with Crippen molar-refractivity contribution in [3.63, 3.8) is 0 Å². The van der Waals surface area contributed by atoms with Gasteiger partial charge in [-0.2, -0.15) is 5.10 Å². The molecule has 0 aromatic carbocycles. The molecule has 4 heteroatoms. The van der Waals surface area contributed by atoms with Gasteiger partial charge in [-0.1, -0.05) is 6.92 Å². The average Bonchev–Trinajstić information content (AvgIpc) is 2.73. The van der Waals surface area contributed by atoms with Crippen LogP contribution >= 0.6 is 0 Å². The van der Waals surface area contributed by atoms with Crippen LogP contribution in [0.4, 0.5) is 0 Å². The van der Waals surface area contributed by atoms with E-state index in [2.05, 4.69) is 37.4 Å². The Morgan fingerprint density at radius 2 is 2.27 bits per heavy atom. The van der Waals surface area contributed by atoms with E-state index in [1.54, 1.807) is 0 Å². The Hall–Kier alpha value is -0.870. The van der Waals surface area contributed by atoms with Gasteiger partial charge in [-0.05, 0) is 20.3 Å². The van der Waals surface area contributed by atoms with Crippen LogP contribution in [0, 0.1) is 0 Å². The highest BCUT2D eigenvalue weighted by molar-refractivity contribution is 5.11. The van der Waals surface area contributed by atoms with Gasteiger partial charge in [0.1, 0.15) is 0 Å². The molecule has 2 unspecified atom stereocenters. The minimum atomic E-state index is 0.222. The van der Waals surface area contributed by atoms with E-state index >= 15 is 0 Å². The summed E-state index contributed by atoms with van der Waals surface area (Å²) in [5.74, 6) is 0.